The van der Waals surface area contributed by atoms with Crippen molar-refractivity contribution in [3.63, 3.8) is 0 Å². The average Bonchev–Trinajstić information content (AvgIpc) is 3.24. The zero-order valence-electron chi connectivity index (χ0n) is 13.0. The first-order chi connectivity index (χ1) is 11.8. The van der Waals surface area contributed by atoms with E-state index in [1.165, 1.54) is 11.9 Å². The molecular formula is C17H17N5O2. The quantitative estimate of drug-likeness (QED) is 0.778. The second-order valence-corrected chi connectivity index (χ2v) is 5.92. The molecule has 1 amide bonds. The van der Waals surface area contributed by atoms with Crippen molar-refractivity contribution >= 4 is 11.6 Å². The lowest BCUT2D eigenvalue weighted by atomic mass is 9.95. The summed E-state index contributed by atoms with van der Waals surface area (Å²) in [6, 6.07) is 7.47. The third-order valence-electron chi connectivity index (χ3n) is 4.30. The largest absolute Gasteiger partial charge is 0.379 e. The van der Waals surface area contributed by atoms with Crippen LogP contribution in [0.25, 0.3) is 5.65 Å². The normalized spacial score (nSPS) is 20.3. The van der Waals surface area contributed by atoms with Crippen molar-refractivity contribution in [2.45, 2.75) is 12.5 Å². The number of carbonyl (C=O) groups is 1. The van der Waals surface area contributed by atoms with Crippen LogP contribution in [0.15, 0.2) is 49.2 Å². The Labute approximate surface area is 138 Å². The smallest absolute Gasteiger partial charge is 0.251 e. The molecule has 2 atom stereocenters. The van der Waals surface area contributed by atoms with Crippen LogP contribution in [0.2, 0.25) is 0 Å². The predicted octanol–water partition coefficient (Wildman–Crippen LogP) is 1.11. The third-order valence-corrected chi connectivity index (χ3v) is 4.30. The van der Waals surface area contributed by atoms with Crippen molar-refractivity contribution in [3.8, 4) is 0 Å². The molecule has 3 aromatic rings. The number of fused-ring (bicyclic) bond motifs is 1. The summed E-state index contributed by atoms with van der Waals surface area (Å²) in [5.41, 5.74) is 2.42. The van der Waals surface area contributed by atoms with Gasteiger partial charge in [-0.3, -0.25) is 9.78 Å². The van der Waals surface area contributed by atoms with Crippen LogP contribution in [0, 0.1) is 5.92 Å². The van der Waals surface area contributed by atoms with Gasteiger partial charge in [-0.15, -0.1) is 0 Å². The van der Waals surface area contributed by atoms with E-state index in [0.29, 0.717) is 24.4 Å². The highest BCUT2D eigenvalue weighted by molar-refractivity contribution is 5.95. The van der Waals surface area contributed by atoms with E-state index in [2.05, 4.69) is 20.4 Å². The van der Waals surface area contributed by atoms with Crippen molar-refractivity contribution in [2.24, 2.45) is 5.92 Å². The van der Waals surface area contributed by atoms with Gasteiger partial charge in [-0.2, -0.15) is 5.10 Å². The van der Waals surface area contributed by atoms with Gasteiger partial charge >= 0.3 is 0 Å². The van der Waals surface area contributed by atoms with E-state index >= 15 is 0 Å². The minimum Gasteiger partial charge on any atom is -0.379 e. The number of aromatic nitrogens is 4. The predicted molar refractivity (Wildman–Crippen MR) is 86.5 cm³/mol. The summed E-state index contributed by atoms with van der Waals surface area (Å²) in [5, 5.41) is 7.12. The van der Waals surface area contributed by atoms with E-state index in [1.807, 2.05) is 12.1 Å². The van der Waals surface area contributed by atoms with E-state index in [-0.39, 0.29) is 17.9 Å². The lowest BCUT2D eigenvalue weighted by Crippen LogP contribution is -2.40. The van der Waals surface area contributed by atoms with Crippen LogP contribution in [-0.4, -0.2) is 44.7 Å². The molecule has 0 aliphatic carbocycles. The highest BCUT2D eigenvalue weighted by atomic mass is 16.5. The SMILES string of the molecule is O=C(N[C@@H]1COC[C@H]1Cc1ccncc1)c1ccn2ncnc2c1. The number of carbonyl (C=O) groups excluding carboxylic acids is 1. The molecule has 0 saturated carbocycles. The molecule has 0 bridgehead atoms. The van der Waals surface area contributed by atoms with Crippen LogP contribution >= 0.6 is 0 Å². The maximum atomic E-state index is 12.5. The van der Waals surface area contributed by atoms with Gasteiger partial charge in [0.15, 0.2) is 5.65 Å². The molecule has 1 aliphatic rings. The number of amides is 1. The summed E-state index contributed by atoms with van der Waals surface area (Å²) in [6.07, 6.45) is 7.62. The monoisotopic (exact) mass is 323 g/mol. The molecule has 24 heavy (non-hydrogen) atoms. The van der Waals surface area contributed by atoms with Crippen LogP contribution in [0.1, 0.15) is 15.9 Å². The number of ether oxygens (including phenoxy) is 1. The Kier molecular flexibility index (Phi) is 3.92. The van der Waals surface area contributed by atoms with Crippen molar-refractivity contribution < 1.29 is 9.53 Å². The molecule has 122 valence electrons. The van der Waals surface area contributed by atoms with Gasteiger partial charge in [0.2, 0.25) is 0 Å². The molecule has 3 aromatic heterocycles. The number of nitrogens with one attached hydrogen (secondary N) is 1. The Morgan fingerprint density at radius 2 is 2.17 bits per heavy atom. The van der Waals surface area contributed by atoms with Gasteiger partial charge in [-0.25, -0.2) is 9.50 Å². The highest BCUT2D eigenvalue weighted by Crippen LogP contribution is 2.19. The first kappa shape index (κ1) is 14.8. The summed E-state index contributed by atoms with van der Waals surface area (Å²) < 4.78 is 7.21. The van der Waals surface area contributed by atoms with Gasteiger partial charge < -0.3 is 10.1 Å². The molecular weight excluding hydrogens is 306 g/mol. The van der Waals surface area contributed by atoms with Crippen LogP contribution in [-0.2, 0) is 11.2 Å². The highest BCUT2D eigenvalue weighted by Gasteiger charge is 2.30. The average molecular weight is 323 g/mol. The maximum Gasteiger partial charge on any atom is 0.251 e. The maximum absolute atomic E-state index is 12.5. The summed E-state index contributed by atoms with van der Waals surface area (Å²) >= 11 is 0. The molecule has 1 N–H and O–H groups in total. The van der Waals surface area contributed by atoms with Crippen molar-refractivity contribution in [2.75, 3.05) is 13.2 Å². The zero-order valence-corrected chi connectivity index (χ0v) is 13.0. The third kappa shape index (κ3) is 2.98. The van der Waals surface area contributed by atoms with E-state index in [0.717, 1.165) is 6.42 Å². The fourth-order valence-corrected chi connectivity index (χ4v) is 2.99. The minimum absolute atomic E-state index is 0.000221. The molecule has 1 aliphatic heterocycles. The van der Waals surface area contributed by atoms with E-state index < -0.39 is 0 Å². The van der Waals surface area contributed by atoms with Gasteiger partial charge in [0.05, 0.1) is 19.3 Å². The lowest BCUT2D eigenvalue weighted by molar-refractivity contribution is 0.0925. The number of pyridine rings is 2. The number of hydrogen-bond acceptors (Lipinski definition) is 5. The number of nitrogens with zero attached hydrogens (tertiary/aromatic N) is 4. The van der Waals surface area contributed by atoms with Crippen LogP contribution in [0.3, 0.4) is 0 Å². The Morgan fingerprint density at radius 1 is 1.29 bits per heavy atom. The zero-order chi connectivity index (χ0) is 16.4. The molecule has 0 spiro atoms. The molecule has 0 aromatic carbocycles. The van der Waals surface area contributed by atoms with E-state index in [9.17, 15) is 4.79 Å². The lowest BCUT2D eigenvalue weighted by Gasteiger charge is -2.19. The minimum atomic E-state index is -0.115. The van der Waals surface area contributed by atoms with Gasteiger partial charge in [0.1, 0.15) is 6.33 Å². The fourth-order valence-electron chi connectivity index (χ4n) is 2.99. The fraction of sp³-hybridized carbons (Fsp3) is 0.294. The first-order valence-electron chi connectivity index (χ1n) is 7.86. The second-order valence-electron chi connectivity index (χ2n) is 5.92. The van der Waals surface area contributed by atoms with Gasteiger partial charge in [-0.1, -0.05) is 0 Å². The molecule has 0 radical (unpaired) electrons. The molecule has 4 rings (SSSR count). The molecule has 1 fully saturated rings. The molecule has 4 heterocycles. The van der Waals surface area contributed by atoms with Gasteiger partial charge in [0.25, 0.3) is 5.91 Å². The van der Waals surface area contributed by atoms with Gasteiger partial charge in [-0.05, 0) is 36.2 Å². The van der Waals surface area contributed by atoms with Gasteiger partial charge in [0, 0.05) is 30.1 Å². The van der Waals surface area contributed by atoms with E-state index in [1.54, 1.807) is 35.2 Å². The summed E-state index contributed by atoms with van der Waals surface area (Å²) in [5.74, 6) is 0.143. The van der Waals surface area contributed by atoms with Crippen molar-refractivity contribution in [1.82, 2.24) is 24.9 Å². The summed E-state index contributed by atoms with van der Waals surface area (Å²) in [7, 11) is 0. The Bertz CT molecular complexity index is 848. The Hall–Kier alpha value is -2.80. The number of hydrogen-bond donors (Lipinski definition) is 1. The molecule has 7 nitrogen and oxygen atoms in total. The number of rotatable bonds is 4. The molecule has 0 unspecified atom stereocenters. The standard InChI is InChI=1S/C17H17N5O2/c23-17(13-3-6-22-16(8-13)19-11-20-22)21-15-10-24-9-14(15)7-12-1-4-18-5-2-12/h1-6,8,11,14-15H,7,9-10H2,(H,21,23)/t14-,15-/m1/s1. The van der Waals surface area contributed by atoms with Crippen LogP contribution < -0.4 is 5.32 Å². The van der Waals surface area contributed by atoms with E-state index in [4.69, 9.17) is 4.74 Å². The Balaban J connectivity index is 1.45. The summed E-state index contributed by atoms with van der Waals surface area (Å²) in [6.45, 7) is 1.19. The topological polar surface area (TPSA) is 81.4 Å². The first-order valence-corrected chi connectivity index (χ1v) is 7.86. The van der Waals surface area contributed by atoms with Crippen molar-refractivity contribution in [3.05, 3.63) is 60.3 Å². The molecule has 7 heteroatoms. The molecule has 1 saturated heterocycles. The van der Waals surface area contributed by atoms with Crippen LogP contribution in [0.4, 0.5) is 0 Å². The van der Waals surface area contributed by atoms with Crippen LogP contribution in [0.5, 0.6) is 0 Å². The second kappa shape index (κ2) is 6.37. The van der Waals surface area contributed by atoms with Crippen molar-refractivity contribution in [1.29, 1.82) is 0 Å². The summed E-state index contributed by atoms with van der Waals surface area (Å²) in [4.78, 5) is 20.7. The Morgan fingerprint density at radius 3 is 3.04 bits per heavy atom.